The second-order valence-corrected chi connectivity index (χ2v) is 5.00. The Balaban J connectivity index is 2.74. The van der Waals surface area contributed by atoms with Crippen molar-refractivity contribution in [3.63, 3.8) is 0 Å². The summed E-state index contributed by atoms with van der Waals surface area (Å²) in [4.78, 5) is 0. The normalized spacial score (nSPS) is 11.4. The molecule has 1 aromatic rings. The zero-order valence-electron chi connectivity index (χ0n) is 11.8. The number of rotatable bonds is 7. The largest absolute Gasteiger partial charge is 0.396 e. The van der Waals surface area contributed by atoms with E-state index in [0.29, 0.717) is 6.54 Å². The summed E-state index contributed by atoms with van der Waals surface area (Å²) in [6.45, 7) is 4.50. The van der Waals surface area contributed by atoms with Crippen molar-refractivity contribution in [1.29, 1.82) is 5.26 Å². The molecule has 0 fully saturated rings. The summed E-state index contributed by atoms with van der Waals surface area (Å²) < 4.78 is 27.4. The van der Waals surface area contributed by atoms with Gasteiger partial charge in [0.1, 0.15) is 11.6 Å². The molecule has 0 saturated heterocycles. The zero-order valence-corrected chi connectivity index (χ0v) is 11.8. The van der Waals surface area contributed by atoms with Crippen molar-refractivity contribution in [2.75, 3.05) is 13.2 Å². The van der Waals surface area contributed by atoms with Crippen LogP contribution in [0.25, 0.3) is 0 Å². The maximum absolute atomic E-state index is 13.7. The summed E-state index contributed by atoms with van der Waals surface area (Å²) in [5.74, 6) is -1.45. The lowest BCUT2D eigenvalue weighted by Gasteiger charge is -2.29. The minimum absolute atomic E-state index is 0.0319. The third-order valence-corrected chi connectivity index (χ3v) is 3.91. The molecule has 0 heterocycles. The van der Waals surface area contributed by atoms with Crippen molar-refractivity contribution in [3.8, 4) is 6.07 Å². The summed E-state index contributed by atoms with van der Waals surface area (Å²) in [5, 5.41) is 21.0. The lowest BCUT2D eigenvalue weighted by Crippen LogP contribution is -2.36. The van der Waals surface area contributed by atoms with Crippen LogP contribution in [0.2, 0.25) is 0 Å². The van der Waals surface area contributed by atoms with Crippen molar-refractivity contribution in [3.05, 3.63) is 34.9 Å². The van der Waals surface area contributed by atoms with E-state index in [0.717, 1.165) is 25.0 Å². The van der Waals surface area contributed by atoms with Crippen LogP contribution in [0.5, 0.6) is 0 Å². The SMILES string of the molecule is CCC(CC)(CO)CNCc1c(F)cc(C#N)cc1F. The van der Waals surface area contributed by atoms with Crippen LogP contribution in [-0.2, 0) is 6.54 Å². The minimum atomic E-state index is -0.725. The Labute approximate surface area is 118 Å². The van der Waals surface area contributed by atoms with E-state index in [-0.39, 0.29) is 29.7 Å². The summed E-state index contributed by atoms with van der Waals surface area (Å²) >= 11 is 0. The Bertz CT molecular complexity index is 462. The van der Waals surface area contributed by atoms with E-state index in [1.807, 2.05) is 13.8 Å². The second-order valence-electron chi connectivity index (χ2n) is 5.00. The van der Waals surface area contributed by atoms with Gasteiger partial charge in [-0.05, 0) is 25.0 Å². The van der Waals surface area contributed by atoms with Gasteiger partial charge in [0.25, 0.3) is 0 Å². The van der Waals surface area contributed by atoms with Gasteiger partial charge in [-0.1, -0.05) is 13.8 Å². The number of hydrogen-bond acceptors (Lipinski definition) is 3. The molecular formula is C15H20F2N2O. The molecule has 20 heavy (non-hydrogen) atoms. The van der Waals surface area contributed by atoms with Gasteiger partial charge in [-0.15, -0.1) is 0 Å². The molecule has 0 bridgehead atoms. The molecule has 3 nitrogen and oxygen atoms in total. The molecule has 0 saturated carbocycles. The smallest absolute Gasteiger partial charge is 0.131 e. The first-order valence-corrected chi connectivity index (χ1v) is 6.71. The number of nitrogens with one attached hydrogen (secondary N) is 1. The Hall–Kier alpha value is -1.51. The Kier molecular flexibility index (Phi) is 6.05. The highest BCUT2D eigenvalue weighted by Gasteiger charge is 2.25. The van der Waals surface area contributed by atoms with Crippen LogP contribution >= 0.6 is 0 Å². The molecule has 0 radical (unpaired) electrons. The fourth-order valence-electron chi connectivity index (χ4n) is 2.07. The van der Waals surface area contributed by atoms with E-state index >= 15 is 0 Å². The topological polar surface area (TPSA) is 56.0 Å². The van der Waals surface area contributed by atoms with E-state index in [9.17, 15) is 13.9 Å². The number of aliphatic hydroxyl groups excluding tert-OH is 1. The fraction of sp³-hybridized carbons (Fsp3) is 0.533. The van der Waals surface area contributed by atoms with E-state index in [4.69, 9.17) is 5.26 Å². The highest BCUT2D eigenvalue weighted by molar-refractivity contribution is 5.34. The summed E-state index contributed by atoms with van der Waals surface area (Å²) in [7, 11) is 0. The molecule has 1 rings (SSSR count). The fourth-order valence-corrected chi connectivity index (χ4v) is 2.07. The maximum atomic E-state index is 13.7. The molecule has 5 heteroatoms. The lowest BCUT2D eigenvalue weighted by molar-refractivity contribution is 0.113. The van der Waals surface area contributed by atoms with Crippen LogP contribution in [-0.4, -0.2) is 18.3 Å². The first-order chi connectivity index (χ1) is 9.51. The molecular weight excluding hydrogens is 262 g/mol. The van der Waals surface area contributed by atoms with E-state index in [1.165, 1.54) is 0 Å². The molecule has 0 aliphatic rings. The van der Waals surface area contributed by atoms with Gasteiger partial charge in [0.15, 0.2) is 0 Å². The van der Waals surface area contributed by atoms with Gasteiger partial charge in [0, 0.05) is 30.7 Å². The Morgan fingerprint density at radius 3 is 2.20 bits per heavy atom. The average Bonchev–Trinajstić information content (AvgIpc) is 2.46. The summed E-state index contributed by atoms with van der Waals surface area (Å²) in [6, 6.07) is 3.76. The highest BCUT2D eigenvalue weighted by Crippen LogP contribution is 2.24. The van der Waals surface area contributed by atoms with Crippen molar-refractivity contribution >= 4 is 0 Å². The molecule has 0 atom stereocenters. The van der Waals surface area contributed by atoms with Gasteiger partial charge in [-0.2, -0.15) is 5.26 Å². The molecule has 2 N–H and O–H groups in total. The second kappa shape index (κ2) is 7.32. The summed E-state index contributed by atoms with van der Waals surface area (Å²) in [6.07, 6.45) is 1.57. The van der Waals surface area contributed by atoms with Crippen LogP contribution in [0.1, 0.15) is 37.8 Å². The molecule has 0 aromatic heterocycles. The number of benzene rings is 1. The zero-order chi connectivity index (χ0) is 15.2. The van der Waals surface area contributed by atoms with Crippen LogP contribution in [0, 0.1) is 28.4 Å². The molecule has 0 aliphatic heterocycles. The van der Waals surface area contributed by atoms with Gasteiger partial charge in [0.2, 0.25) is 0 Å². The lowest BCUT2D eigenvalue weighted by atomic mass is 9.83. The number of nitriles is 1. The van der Waals surface area contributed by atoms with E-state index in [2.05, 4.69) is 5.32 Å². The molecule has 0 unspecified atom stereocenters. The summed E-state index contributed by atoms with van der Waals surface area (Å²) in [5.41, 5.74) is -0.377. The minimum Gasteiger partial charge on any atom is -0.396 e. The average molecular weight is 282 g/mol. The first kappa shape index (κ1) is 16.5. The Morgan fingerprint density at radius 1 is 1.25 bits per heavy atom. The number of nitrogens with zero attached hydrogens (tertiary/aromatic N) is 1. The third-order valence-electron chi connectivity index (χ3n) is 3.91. The molecule has 0 spiro atoms. The van der Waals surface area contributed by atoms with Gasteiger partial charge in [-0.3, -0.25) is 0 Å². The van der Waals surface area contributed by atoms with Crippen LogP contribution in [0.3, 0.4) is 0 Å². The van der Waals surface area contributed by atoms with Crippen LogP contribution in [0.4, 0.5) is 8.78 Å². The molecule has 1 aromatic carbocycles. The highest BCUT2D eigenvalue weighted by atomic mass is 19.1. The van der Waals surface area contributed by atoms with Crippen LogP contribution in [0.15, 0.2) is 12.1 Å². The maximum Gasteiger partial charge on any atom is 0.131 e. The van der Waals surface area contributed by atoms with Crippen LogP contribution < -0.4 is 5.32 Å². The van der Waals surface area contributed by atoms with Gasteiger partial charge in [0.05, 0.1) is 11.6 Å². The third kappa shape index (κ3) is 3.75. The molecule has 0 amide bonds. The standard InChI is InChI=1S/C15H20F2N2O/c1-3-15(4-2,10-20)9-19-8-12-13(16)5-11(7-18)6-14(12)17/h5-6,19-20H,3-4,8-10H2,1-2H3. The Morgan fingerprint density at radius 2 is 1.80 bits per heavy atom. The first-order valence-electron chi connectivity index (χ1n) is 6.71. The van der Waals surface area contributed by atoms with Crippen molar-refractivity contribution in [1.82, 2.24) is 5.32 Å². The number of halogens is 2. The predicted molar refractivity (Wildman–Crippen MR) is 72.9 cm³/mol. The quantitative estimate of drug-likeness (QED) is 0.808. The monoisotopic (exact) mass is 282 g/mol. The number of aliphatic hydroxyl groups is 1. The van der Waals surface area contributed by atoms with E-state index < -0.39 is 11.6 Å². The number of hydrogen-bond donors (Lipinski definition) is 2. The van der Waals surface area contributed by atoms with Gasteiger partial charge < -0.3 is 10.4 Å². The van der Waals surface area contributed by atoms with Crippen molar-refractivity contribution < 1.29 is 13.9 Å². The van der Waals surface area contributed by atoms with Crippen molar-refractivity contribution in [2.45, 2.75) is 33.2 Å². The van der Waals surface area contributed by atoms with Gasteiger partial charge >= 0.3 is 0 Å². The van der Waals surface area contributed by atoms with Gasteiger partial charge in [-0.25, -0.2) is 8.78 Å². The van der Waals surface area contributed by atoms with E-state index in [1.54, 1.807) is 6.07 Å². The molecule has 0 aliphatic carbocycles. The van der Waals surface area contributed by atoms with Crippen molar-refractivity contribution in [2.24, 2.45) is 5.41 Å². The predicted octanol–water partition coefficient (Wildman–Crippen LogP) is 2.72. The molecule has 110 valence electrons.